The van der Waals surface area contributed by atoms with Gasteiger partial charge in [-0.1, -0.05) is 71.8 Å². The molecule has 0 bridgehead atoms. The Morgan fingerprint density at radius 2 is 1.60 bits per heavy atom. The number of benzene rings is 1. The maximum absolute atomic E-state index is 12.7. The second-order valence-electron chi connectivity index (χ2n) is 12.6. The highest BCUT2D eigenvalue weighted by Crippen LogP contribution is 2.37. The maximum atomic E-state index is 12.7. The molecule has 198 valence electrons. The first-order valence-electron chi connectivity index (χ1n) is 13.3. The van der Waals surface area contributed by atoms with Gasteiger partial charge in [-0.3, -0.25) is 4.79 Å². The Morgan fingerprint density at radius 1 is 1.03 bits per heavy atom. The van der Waals surface area contributed by atoms with Crippen LogP contribution in [-0.4, -0.2) is 39.0 Å². The second-order valence-corrected chi connectivity index (χ2v) is 22.6. The Balaban J connectivity index is 2.50. The van der Waals surface area contributed by atoms with E-state index in [2.05, 4.69) is 77.8 Å². The number of carbonyl (C=O) groups is 1. The molecule has 0 radical (unpaired) electrons. The number of rotatable bonds is 10. The Bertz CT molecular complexity index is 1000. The summed E-state index contributed by atoms with van der Waals surface area (Å²) in [5.74, 6) is -0.339. The van der Waals surface area contributed by atoms with Crippen LogP contribution in [0.5, 0.6) is 0 Å². The maximum Gasteiger partial charge on any atom is 0.323 e. The van der Waals surface area contributed by atoms with E-state index in [1.807, 2.05) is 20.8 Å². The summed E-state index contributed by atoms with van der Waals surface area (Å²) in [4.78, 5) is 16.6. The molecular weight excluding hydrogens is 468 g/mol. The number of esters is 1. The summed E-state index contributed by atoms with van der Waals surface area (Å²) in [5, 5.41) is 2.69. The minimum absolute atomic E-state index is 0.177. The number of aromatic amines is 1. The van der Waals surface area contributed by atoms with Gasteiger partial charge in [-0.15, -0.1) is 0 Å². The average Bonchev–Trinajstić information content (AvgIpc) is 3.10. The summed E-state index contributed by atoms with van der Waals surface area (Å²) in [6.07, 6.45) is 0.485. The van der Waals surface area contributed by atoms with E-state index >= 15 is 0 Å². The van der Waals surface area contributed by atoms with E-state index in [1.54, 1.807) is 0 Å². The van der Waals surface area contributed by atoms with Gasteiger partial charge in [-0.25, -0.2) is 0 Å². The monoisotopic (exact) mass is 518 g/mol. The van der Waals surface area contributed by atoms with Crippen LogP contribution in [0.15, 0.2) is 18.2 Å². The highest BCUT2D eigenvalue weighted by molar-refractivity contribution is 6.91. The topological polar surface area (TPSA) is 77.3 Å². The minimum Gasteiger partial charge on any atom is -0.459 e. The van der Waals surface area contributed by atoms with Crippen molar-refractivity contribution in [3.63, 3.8) is 0 Å². The molecule has 2 aromatic rings. The fourth-order valence-electron chi connectivity index (χ4n) is 4.50. The summed E-state index contributed by atoms with van der Waals surface area (Å²) in [5.41, 5.74) is 9.37. The molecule has 0 saturated carbocycles. The molecule has 0 unspecified atom stereocenters. The van der Waals surface area contributed by atoms with Crippen LogP contribution in [0.4, 0.5) is 0 Å². The van der Waals surface area contributed by atoms with Gasteiger partial charge in [0.25, 0.3) is 0 Å². The number of hydrogen-bond acceptors (Lipinski definition) is 4. The van der Waals surface area contributed by atoms with E-state index in [1.165, 1.54) is 21.8 Å². The number of nitrogens with one attached hydrogen (secondary N) is 1. The van der Waals surface area contributed by atoms with E-state index in [0.717, 1.165) is 23.6 Å². The van der Waals surface area contributed by atoms with E-state index in [9.17, 15) is 4.79 Å². The van der Waals surface area contributed by atoms with Crippen molar-refractivity contribution in [1.29, 1.82) is 0 Å². The quantitative estimate of drug-likeness (QED) is 0.274. The lowest BCUT2D eigenvalue weighted by Gasteiger charge is -2.36. The molecular formula is C28H50N2O3Si2. The van der Waals surface area contributed by atoms with Crippen LogP contribution in [0, 0.1) is 0 Å². The molecule has 1 aromatic carbocycles. The van der Waals surface area contributed by atoms with Gasteiger partial charge in [-0.05, 0) is 56.1 Å². The van der Waals surface area contributed by atoms with Crippen molar-refractivity contribution in [2.24, 2.45) is 5.73 Å². The van der Waals surface area contributed by atoms with Crippen molar-refractivity contribution in [2.75, 3.05) is 0 Å². The fourth-order valence-corrected chi connectivity index (χ4v) is 9.30. The number of H-pyrrole nitrogens is 1. The van der Waals surface area contributed by atoms with Crippen LogP contribution in [-0.2, 0) is 27.0 Å². The number of carbonyl (C=O) groups excluding carboxylic acids is 1. The number of aromatic nitrogens is 1. The molecule has 7 heteroatoms. The van der Waals surface area contributed by atoms with Crippen molar-refractivity contribution in [1.82, 2.24) is 4.98 Å². The molecule has 0 amide bonds. The summed E-state index contributed by atoms with van der Waals surface area (Å²) in [6, 6.07) is 9.37. The van der Waals surface area contributed by atoms with Gasteiger partial charge in [0, 0.05) is 22.6 Å². The van der Waals surface area contributed by atoms with Gasteiger partial charge >= 0.3 is 5.97 Å². The summed E-state index contributed by atoms with van der Waals surface area (Å²) in [7, 11) is -3.58. The molecule has 3 N–H and O–H groups in total. The number of ether oxygens (including phenoxy) is 1. The number of hydrogen-bond donors (Lipinski definition) is 2. The Morgan fingerprint density at radius 3 is 2.09 bits per heavy atom. The van der Waals surface area contributed by atoms with Crippen molar-refractivity contribution >= 4 is 38.6 Å². The Hall–Kier alpha value is -1.42. The lowest BCUT2D eigenvalue weighted by Crippen LogP contribution is -2.49. The molecule has 2 rings (SSSR count). The predicted molar refractivity (Wildman–Crippen MR) is 155 cm³/mol. The molecule has 0 aliphatic carbocycles. The van der Waals surface area contributed by atoms with Gasteiger partial charge in [-0.2, -0.15) is 0 Å². The molecule has 5 nitrogen and oxygen atoms in total. The van der Waals surface area contributed by atoms with Crippen molar-refractivity contribution < 1.29 is 14.0 Å². The second kappa shape index (κ2) is 10.9. The molecule has 1 heterocycles. The summed E-state index contributed by atoms with van der Waals surface area (Å²) in [6.45, 7) is 24.6. The van der Waals surface area contributed by atoms with Gasteiger partial charge in [0.15, 0.2) is 8.32 Å². The number of fused-ring (bicyclic) bond motifs is 1. The molecule has 0 spiro atoms. The average molecular weight is 519 g/mol. The minimum atomic E-state index is -1.83. The van der Waals surface area contributed by atoms with Crippen molar-refractivity contribution in [3.05, 3.63) is 29.3 Å². The first-order chi connectivity index (χ1) is 16.0. The van der Waals surface area contributed by atoms with E-state index in [0.29, 0.717) is 13.0 Å². The molecule has 35 heavy (non-hydrogen) atoms. The van der Waals surface area contributed by atoms with E-state index in [4.69, 9.17) is 14.9 Å². The van der Waals surface area contributed by atoms with Gasteiger partial charge in [0.2, 0.25) is 0 Å². The first kappa shape index (κ1) is 29.8. The van der Waals surface area contributed by atoms with Gasteiger partial charge in [0.1, 0.15) is 19.7 Å². The van der Waals surface area contributed by atoms with Crippen LogP contribution in [0.2, 0.25) is 36.3 Å². The third kappa shape index (κ3) is 6.87. The van der Waals surface area contributed by atoms with Crippen molar-refractivity contribution in [3.8, 4) is 0 Å². The molecule has 0 aliphatic heterocycles. The van der Waals surface area contributed by atoms with Crippen LogP contribution in [0.25, 0.3) is 10.9 Å². The zero-order valence-electron chi connectivity index (χ0n) is 24.1. The highest BCUT2D eigenvalue weighted by atomic mass is 28.4. The first-order valence-corrected chi connectivity index (χ1v) is 18.8. The third-order valence-electron chi connectivity index (χ3n) is 8.07. The zero-order chi connectivity index (χ0) is 26.8. The highest BCUT2D eigenvalue weighted by Gasteiger charge is 2.38. The van der Waals surface area contributed by atoms with E-state index in [-0.39, 0.29) is 11.0 Å². The van der Waals surface area contributed by atoms with Crippen LogP contribution >= 0.6 is 0 Å². The molecule has 0 aliphatic rings. The lowest BCUT2D eigenvalue weighted by molar-refractivity contribution is -0.156. The third-order valence-corrected chi connectivity index (χ3v) is 18.1. The molecule has 0 saturated heterocycles. The standard InChI is InChI=1S/C28H50N2O3Si2/c1-12-35(13-2,14-3)25-22(18-23(29)26(31)33-27(4,5)6)21-16-15-20(17-24(21)30-25)19-32-34(10,11)28(7,8)9/h15-17,23,30H,12-14,18-19,29H2,1-11H3/t23-/m0/s1. The number of nitrogens with two attached hydrogens (primary N) is 1. The molecule has 1 atom stereocenters. The smallest absolute Gasteiger partial charge is 0.323 e. The summed E-state index contributed by atoms with van der Waals surface area (Å²) >= 11 is 0. The SMILES string of the molecule is CC[Si](CC)(CC)c1[nH]c2cc(CO[Si](C)(C)C(C)(C)C)ccc2c1C[C@H](N)C(=O)OC(C)(C)C. The largest absolute Gasteiger partial charge is 0.459 e. The summed E-state index contributed by atoms with van der Waals surface area (Å²) < 4.78 is 12.1. The predicted octanol–water partition coefficient (Wildman–Crippen LogP) is 6.62. The van der Waals surface area contributed by atoms with Crippen LogP contribution < -0.4 is 11.1 Å². The lowest BCUT2D eigenvalue weighted by atomic mass is 10.0. The Kier molecular flexibility index (Phi) is 9.29. The van der Waals surface area contributed by atoms with Crippen LogP contribution in [0.3, 0.4) is 0 Å². The molecule has 1 aromatic heterocycles. The van der Waals surface area contributed by atoms with Gasteiger partial charge in [0.05, 0.1) is 6.61 Å². The zero-order valence-corrected chi connectivity index (χ0v) is 26.1. The molecule has 0 fully saturated rings. The van der Waals surface area contributed by atoms with Crippen molar-refractivity contribution in [2.45, 2.75) is 123 Å². The fraction of sp³-hybridized carbons (Fsp3) is 0.679. The van der Waals surface area contributed by atoms with Crippen LogP contribution in [0.1, 0.15) is 73.4 Å². The van der Waals surface area contributed by atoms with E-state index < -0.39 is 28.0 Å². The Labute approximate surface area is 215 Å². The normalized spacial score (nSPS) is 14.4. The van der Waals surface area contributed by atoms with Gasteiger partial charge < -0.3 is 19.9 Å².